The molecule has 0 bridgehead atoms. The van der Waals surface area contributed by atoms with Gasteiger partial charge in [-0.3, -0.25) is 9.69 Å². The highest BCUT2D eigenvalue weighted by atomic mass is 19.1. The number of amides is 3. The molecule has 0 spiro atoms. The summed E-state index contributed by atoms with van der Waals surface area (Å²) in [6.45, 7) is 1.43. The summed E-state index contributed by atoms with van der Waals surface area (Å²) in [5.41, 5.74) is -1.26. The molecule has 3 amide bonds. The van der Waals surface area contributed by atoms with Crippen molar-refractivity contribution in [2.75, 3.05) is 6.79 Å². The van der Waals surface area contributed by atoms with E-state index >= 15 is 0 Å². The van der Waals surface area contributed by atoms with Crippen LogP contribution in [0.2, 0.25) is 0 Å². The highest BCUT2D eigenvalue weighted by Crippen LogP contribution is 2.35. The molecule has 0 radical (unpaired) electrons. The Morgan fingerprint density at radius 2 is 1.88 bits per heavy atom. The molecule has 0 aromatic heterocycles. The molecule has 1 saturated heterocycles. The van der Waals surface area contributed by atoms with Gasteiger partial charge in [0, 0.05) is 5.56 Å². The van der Waals surface area contributed by atoms with Crippen LogP contribution in [0.5, 0.6) is 11.5 Å². The molecule has 1 atom stereocenters. The second kappa shape index (κ2) is 5.69. The number of rotatable bonds is 3. The van der Waals surface area contributed by atoms with Crippen LogP contribution in [-0.2, 0) is 16.9 Å². The van der Waals surface area contributed by atoms with E-state index in [1.54, 1.807) is 18.2 Å². The van der Waals surface area contributed by atoms with Gasteiger partial charge in [0.2, 0.25) is 6.79 Å². The molecule has 2 aromatic rings. The van der Waals surface area contributed by atoms with Crippen molar-refractivity contribution in [2.45, 2.75) is 19.0 Å². The molecule has 26 heavy (non-hydrogen) atoms. The van der Waals surface area contributed by atoms with E-state index in [0.717, 1.165) is 23.1 Å². The topological polar surface area (TPSA) is 67.9 Å². The zero-order valence-corrected chi connectivity index (χ0v) is 13.7. The number of nitrogens with zero attached hydrogens (tertiary/aromatic N) is 1. The highest BCUT2D eigenvalue weighted by Gasteiger charge is 2.50. The first-order chi connectivity index (χ1) is 12.4. The van der Waals surface area contributed by atoms with Crippen molar-refractivity contribution in [3.05, 3.63) is 59.2 Å². The molecule has 134 valence electrons. The summed E-state index contributed by atoms with van der Waals surface area (Å²) >= 11 is 0. The number of carbonyl (C=O) groups excluding carboxylic acids is 2. The van der Waals surface area contributed by atoms with Crippen LogP contribution in [0.3, 0.4) is 0 Å². The molecule has 0 saturated carbocycles. The van der Waals surface area contributed by atoms with Gasteiger partial charge in [0.15, 0.2) is 11.5 Å². The number of imide groups is 1. The number of nitrogens with one attached hydrogen (secondary N) is 1. The normalized spacial score (nSPS) is 21.3. The van der Waals surface area contributed by atoms with E-state index in [4.69, 9.17) is 9.47 Å². The summed E-state index contributed by atoms with van der Waals surface area (Å²) in [4.78, 5) is 26.1. The maximum atomic E-state index is 14.2. The van der Waals surface area contributed by atoms with Crippen molar-refractivity contribution in [1.29, 1.82) is 0 Å². The van der Waals surface area contributed by atoms with E-state index in [9.17, 15) is 18.4 Å². The molecular weight excluding hydrogens is 346 g/mol. The van der Waals surface area contributed by atoms with Gasteiger partial charge in [-0.2, -0.15) is 0 Å². The van der Waals surface area contributed by atoms with Gasteiger partial charge in [0.05, 0.1) is 6.54 Å². The second-order valence-electron chi connectivity index (χ2n) is 6.26. The minimum Gasteiger partial charge on any atom is -0.454 e. The number of ether oxygens (including phenoxy) is 2. The van der Waals surface area contributed by atoms with E-state index in [0.29, 0.717) is 17.1 Å². The van der Waals surface area contributed by atoms with Gasteiger partial charge in [-0.05, 0) is 42.8 Å². The molecular formula is C18H14F2N2O4. The average Bonchev–Trinajstić information content (AvgIpc) is 3.15. The number of hydrogen-bond donors (Lipinski definition) is 1. The fourth-order valence-corrected chi connectivity index (χ4v) is 3.13. The van der Waals surface area contributed by atoms with Crippen LogP contribution in [0.4, 0.5) is 13.6 Å². The van der Waals surface area contributed by atoms with Gasteiger partial charge >= 0.3 is 6.03 Å². The van der Waals surface area contributed by atoms with E-state index in [-0.39, 0.29) is 18.9 Å². The Morgan fingerprint density at radius 1 is 1.12 bits per heavy atom. The number of benzene rings is 2. The van der Waals surface area contributed by atoms with Crippen LogP contribution >= 0.6 is 0 Å². The number of hydrogen-bond acceptors (Lipinski definition) is 4. The van der Waals surface area contributed by atoms with Crippen LogP contribution in [0.15, 0.2) is 36.4 Å². The fraction of sp³-hybridized carbons (Fsp3) is 0.222. The van der Waals surface area contributed by atoms with Crippen molar-refractivity contribution >= 4 is 11.9 Å². The summed E-state index contributed by atoms with van der Waals surface area (Å²) in [7, 11) is 0. The lowest BCUT2D eigenvalue weighted by molar-refractivity contribution is -0.131. The first-order valence-electron chi connectivity index (χ1n) is 7.86. The number of urea groups is 1. The largest absolute Gasteiger partial charge is 0.454 e. The second-order valence-corrected chi connectivity index (χ2v) is 6.26. The third kappa shape index (κ3) is 2.45. The van der Waals surface area contributed by atoms with E-state index in [1.807, 2.05) is 0 Å². The fourth-order valence-electron chi connectivity index (χ4n) is 3.13. The van der Waals surface area contributed by atoms with Crippen molar-refractivity contribution in [1.82, 2.24) is 10.2 Å². The smallest absolute Gasteiger partial charge is 0.325 e. The van der Waals surface area contributed by atoms with E-state index < -0.39 is 29.1 Å². The zero-order chi connectivity index (χ0) is 18.5. The minimum absolute atomic E-state index is 0.0339. The lowest BCUT2D eigenvalue weighted by Crippen LogP contribution is -2.41. The Bertz CT molecular complexity index is 933. The van der Waals surface area contributed by atoms with Gasteiger partial charge in [-0.1, -0.05) is 6.07 Å². The van der Waals surface area contributed by atoms with Gasteiger partial charge in [0.1, 0.15) is 17.2 Å². The van der Waals surface area contributed by atoms with Crippen LogP contribution in [-0.4, -0.2) is 23.6 Å². The Morgan fingerprint density at radius 3 is 2.69 bits per heavy atom. The maximum absolute atomic E-state index is 14.2. The molecule has 2 aliphatic heterocycles. The van der Waals surface area contributed by atoms with Gasteiger partial charge < -0.3 is 14.8 Å². The van der Waals surface area contributed by atoms with Crippen molar-refractivity contribution < 1.29 is 27.8 Å². The van der Waals surface area contributed by atoms with Crippen molar-refractivity contribution in [2.24, 2.45) is 0 Å². The van der Waals surface area contributed by atoms with Crippen LogP contribution in [0, 0.1) is 11.6 Å². The van der Waals surface area contributed by atoms with E-state index in [2.05, 4.69) is 5.32 Å². The van der Waals surface area contributed by atoms with Crippen LogP contribution in [0.25, 0.3) is 0 Å². The predicted molar refractivity (Wildman–Crippen MR) is 85.4 cm³/mol. The highest BCUT2D eigenvalue weighted by molar-refractivity contribution is 6.07. The summed E-state index contributed by atoms with van der Waals surface area (Å²) in [5, 5.41) is 2.46. The molecule has 0 unspecified atom stereocenters. The number of fused-ring (bicyclic) bond motifs is 1. The molecule has 1 N–H and O–H groups in total. The first-order valence-corrected chi connectivity index (χ1v) is 7.86. The van der Waals surface area contributed by atoms with Gasteiger partial charge in [-0.15, -0.1) is 0 Å². The standard InChI is InChI=1S/C18H14F2N2O4/c1-18(12-7-11(19)3-4-13(12)20)16(23)22(17(24)21-18)8-10-2-5-14-15(6-10)26-9-25-14/h2-7H,8-9H2,1H3,(H,21,24)/t18-/m1/s1. The number of halogens is 2. The van der Waals surface area contributed by atoms with Crippen LogP contribution < -0.4 is 14.8 Å². The predicted octanol–water partition coefficient (Wildman–Crippen LogP) is 2.66. The molecule has 8 heteroatoms. The summed E-state index contributed by atoms with van der Waals surface area (Å²) in [6, 6.07) is 7.16. The van der Waals surface area contributed by atoms with Crippen molar-refractivity contribution in [3.63, 3.8) is 0 Å². The third-order valence-electron chi connectivity index (χ3n) is 4.52. The van der Waals surface area contributed by atoms with Crippen molar-refractivity contribution in [3.8, 4) is 11.5 Å². The minimum atomic E-state index is -1.68. The molecule has 0 aliphatic carbocycles. The number of carbonyl (C=O) groups is 2. The van der Waals surface area contributed by atoms with E-state index in [1.165, 1.54) is 6.92 Å². The summed E-state index contributed by atoms with van der Waals surface area (Å²) in [6.07, 6.45) is 0. The molecule has 2 aromatic carbocycles. The average molecular weight is 360 g/mol. The zero-order valence-electron chi connectivity index (χ0n) is 13.7. The quantitative estimate of drug-likeness (QED) is 0.855. The lowest BCUT2D eigenvalue weighted by atomic mass is 9.91. The van der Waals surface area contributed by atoms with Crippen LogP contribution in [0.1, 0.15) is 18.1 Å². The molecule has 4 rings (SSSR count). The SMILES string of the molecule is C[C@]1(c2cc(F)ccc2F)NC(=O)N(Cc2ccc3c(c2)OCO3)C1=O. The monoisotopic (exact) mass is 360 g/mol. The Labute approximate surface area is 147 Å². The maximum Gasteiger partial charge on any atom is 0.325 e. The molecule has 6 nitrogen and oxygen atoms in total. The molecule has 1 fully saturated rings. The Kier molecular flexibility index (Phi) is 3.57. The molecule has 2 aliphatic rings. The lowest BCUT2D eigenvalue weighted by Gasteiger charge is -2.23. The Balaban J connectivity index is 1.64. The van der Waals surface area contributed by atoms with Gasteiger partial charge in [0.25, 0.3) is 5.91 Å². The first kappa shape index (κ1) is 16.3. The van der Waals surface area contributed by atoms with Gasteiger partial charge in [-0.25, -0.2) is 13.6 Å². The molecule has 2 heterocycles. The summed E-state index contributed by atoms with van der Waals surface area (Å²) < 4.78 is 38.2. The summed E-state index contributed by atoms with van der Waals surface area (Å²) in [5.74, 6) is -1.03. The Hall–Kier alpha value is -3.16. The third-order valence-corrected chi connectivity index (χ3v) is 4.52.